The topological polar surface area (TPSA) is 40.5 Å². The molecule has 1 aliphatic rings. The molecule has 0 saturated carbocycles. The van der Waals surface area contributed by atoms with E-state index in [-0.39, 0.29) is 11.5 Å². The van der Waals surface area contributed by atoms with Crippen LogP contribution in [0.5, 0.6) is 5.75 Å². The fourth-order valence-corrected chi connectivity index (χ4v) is 2.89. The molecule has 0 aliphatic carbocycles. The number of fused-ring (bicyclic) bond motifs is 1. The predicted molar refractivity (Wildman–Crippen MR) is 65.7 cm³/mol. The summed E-state index contributed by atoms with van der Waals surface area (Å²) in [5.41, 5.74) is 0.972. The van der Waals surface area contributed by atoms with Gasteiger partial charge >= 0.3 is 0 Å². The Labute approximate surface area is 98.8 Å². The summed E-state index contributed by atoms with van der Waals surface area (Å²) in [4.78, 5) is 14.2. The van der Waals surface area contributed by atoms with Crippen LogP contribution in [0.3, 0.4) is 0 Å². The molecule has 0 spiro atoms. The summed E-state index contributed by atoms with van der Waals surface area (Å²) in [5, 5.41) is 10.4. The minimum atomic E-state index is 0.0398. The van der Waals surface area contributed by atoms with Gasteiger partial charge in [-0.3, -0.25) is 4.79 Å². The molecule has 1 aromatic rings. The number of benzene rings is 1. The standard InChI is InChI=1S/C12H13NO2S/c1-3-13-10-7-9(15)4-5-11(10)16-12(13)6-8(2)14/h4-7,15H,3H2,1-2H3. The summed E-state index contributed by atoms with van der Waals surface area (Å²) in [6.45, 7) is 4.35. The van der Waals surface area contributed by atoms with E-state index in [1.54, 1.807) is 36.9 Å². The zero-order valence-electron chi connectivity index (χ0n) is 9.23. The molecule has 16 heavy (non-hydrogen) atoms. The molecule has 84 valence electrons. The van der Waals surface area contributed by atoms with Gasteiger partial charge in [-0.15, -0.1) is 0 Å². The zero-order chi connectivity index (χ0) is 11.7. The van der Waals surface area contributed by atoms with Crippen molar-refractivity contribution in [3.05, 3.63) is 29.3 Å². The minimum Gasteiger partial charge on any atom is -0.508 e. The van der Waals surface area contributed by atoms with Crippen LogP contribution in [0.2, 0.25) is 0 Å². The zero-order valence-corrected chi connectivity index (χ0v) is 10.0. The SMILES string of the molecule is CCN1C(=CC(C)=O)Sc2ccc(O)cc21. The Morgan fingerprint density at radius 1 is 1.56 bits per heavy atom. The van der Waals surface area contributed by atoms with Crippen molar-refractivity contribution < 1.29 is 9.90 Å². The molecule has 0 unspecified atom stereocenters. The van der Waals surface area contributed by atoms with Crippen LogP contribution >= 0.6 is 11.8 Å². The largest absolute Gasteiger partial charge is 0.508 e. The molecule has 3 nitrogen and oxygen atoms in total. The summed E-state index contributed by atoms with van der Waals surface area (Å²) >= 11 is 1.56. The lowest BCUT2D eigenvalue weighted by Gasteiger charge is -2.17. The molecule has 0 aromatic heterocycles. The first-order chi connectivity index (χ1) is 7.61. The highest BCUT2D eigenvalue weighted by molar-refractivity contribution is 8.03. The number of hydrogen-bond acceptors (Lipinski definition) is 4. The predicted octanol–water partition coefficient (Wildman–Crippen LogP) is 2.75. The molecule has 1 aliphatic heterocycles. The van der Waals surface area contributed by atoms with E-state index in [1.807, 2.05) is 17.9 Å². The number of carbonyl (C=O) groups excluding carboxylic acids is 1. The first-order valence-electron chi connectivity index (χ1n) is 5.12. The van der Waals surface area contributed by atoms with E-state index in [1.165, 1.54) is 0 Å². The molecule has 0 saturated heterocycles. The van der Waals surface area contributed by atoms with Gasteiger partial charge in [-0.05, 0) is 26.0 Å². The van der Waals surface area contributed by atoms with E-state index in [2.05, 4.69) is 0 Å². The van der Waals surface area contributed by atoms with Gasteiger partial charge < -0.3 is 10.0 Å². The van der Waals surface area contributed by atoms with Crippen LogP contribution < -0.4 is 4.90 Å². The molecular formula is C12H13NO2S. The van der Waals surface area contributed by atoms with Gasteiger partial charge in [-0.25, -0.2) is 0 Å². The summed E-state index contributed by atoms with van der Waals surface area (Å²) in [5.74, 6) is 0.292. The molecular weight excluding hydrogens is 222 g/mol. The minimum absolute atomic E-state index is 0.0398. The highest BCUT2D eigenvalue weighted by atomic mass is 32.2. The molecule has 1 N–H and O–H groups in total. The van der Waals surface area contributed by atoms with E-state index in [0.717, 1.165) is 22.2 Å². The highest BCUT2D eigenvalue weighted by Crippen LogP contribution is 2.46. The third kappa shape index (κ3) is 1.93. The maximum atomic E-state index is 11.1. The Morgan fingerprint density at radius 3 is 2.94 bits per heavy atom. The monoisotopic (exact) mass is 235 g/mol. The molecule has 0 atom stereocenters. The van der Waals surface area contributed by atoms with Crippen LogP contribution in [0.1, 0.15) is 13.8 Å². The molecule has 0 bridgehead atoms. The van der Waals surface area contributed by atoms with Crippen molar-refractivity contribution >= 4 is 23.2 Å². The first kappa shape index (κ1) is 11.1. The second kappa shape index (κ2) is 4.22. The molecule has 1 aromatic carbocycles. The molecule has 0 amide bonds. The number of phenolic OH excluding ortho intramolecular Hbond substituents is 1. The van der Waals surface area contributed by atoms with Crippen LogP contribution in [-0.4, -0.2) is 17.4 Å². The Morgan fingerprint density at radius 2 is 2.31 bits per heavy atom. The van der Waals surface area contributed by atoms with Gasteiger partial charge in [0, 0.05) is 23.6 Å². The molecule has 0 radical (unpaired) electrons. The van der Waals surface area contributed by atoms with Gasteiger partial charge in [0.1, 0.15) is 5.75 Å². The molecule has 4 heteroatoms. The van der Waals surface area contributed by atoms with Gasteiger partial charge in [0.25, 0.3) is 0 Å². The first-order valence-corrected chi connectivity index (χ1v) is 5.94. The van der Waals surface area contributed by atoms with Gasteiger partial charge in [0.2, 0.25) is 0 Å². The Balaban J connectivity index is 2.44. The molecule has 0 fully saturated rings. The number of anilines is 1. The van der Waals surface area contributed by atoms with Crippen LogP contribution in [0.25, 0.3) is 0 Å². The number of carbonyl (C=O) groups is 1. The number of ketones is 1. The second-order valence-corrected chi connectivity index (χ2v) is 4.65. The summed E-state index contributed by atoms with van der Waals surface area (Å²) < 4.78 is 0. The van der Waals surface area contributed by atoms with E-state index in [0.29, 0.717) is 0 Å². The third-order valence-electron chi connectivity index (χ3n) is 2.36. The van der Waals surface area contributed by atoms with Crippen LogP contribution in [0, 0.1) is 0 Å². The smallest absolute Gasteiger partial charge is 0.155 e. The van der Waals surface area contributed by atoms with E-state index < -0.39 is 0 Å². The number of phenols is 1. The van der Waals surface area contributed by atoms with Gasteiger partial charge in [-0.2, -0.15) is 0 Å². The number of aromatic hydroxyl groups is 1. The van der Waals surface area contributed by atoms with Crippen molar-refractivity contribution in [3.8, 4) is 5.75 Å². The van der Waals surface area contributed by atoms with Crippen molar-refractivity contribution in [3.63, 3.8) is 0 Å². The number of rotatable bonds is 2. The van der Waals surface area contributed by atoms with E-state index >= 15 is 0 Å². The lowest BCUT2D eigenvalue weighted by Crippen LogP contribution is -2.17. The summed E-state index contributed by atoms with van der Waals surface area (Å²) in [6.07, 6.45) is 1.63. The lowest BCUT2D eigenvalue weighted by atomic mass is 10.2. The van der Waals surface area contributed by atoms with Crippen molar-refractivity contribution in [1.29, 1.82) is 0 Å². The fourth-order valence-electron chi connectivity index (χ4n) is 1.70. The van der Waals surface area contributed by atoms with Crippen LogP contribution in [-0.2, 0) is 4.79 Å². The number of hydrogen-bond donors (Lipinski definition) is 1. The Hall–Kier alpha value is -1.42. The fraction of sp³-hybridized carbons (Fsp3) is 0.250. The normalized spacial score (nSPS) is 16.6. The number of allylic oxidation sites excluding steroid dienone is 1. The summed E-state index contributed by atoms with van der Waals surface area (Å²) in [6, 6.07) is 5.27. The van der Waals surface area contributed by atoms with Crippen molar-refractivity contribution in [2.75, 3.05) is 11.4 Å². The Kier molecular flexibility index (Phi) is 2.92. The average molecular weight is 235 g/mol. The maximum Gasteiger partial charge on any atom is 0.155 e. The van der Waals surface area contributed by atoms with Gasteiger partial charge in [-0.1, -0.05) is 11.8 Å². The van der Waals surface area contributed by atoms with Gasteiger partial charge in [0.15, 0.2) is 5.78 Å². The van der Waals surface area contributed by atoms with E-state index in [4.69, 9.17) is 0 Å². The Bertz CT molecular complexity index is 468. The van der Waals surface area contributed by atoms with Crippen molar-refractivity contribution in [2.45, 2.75) is 18.7 Å². The molecule has 2 rings (SSSR count). The van der Waals surface area contributed by atoms with Crippen molar-refractivity contribution in [2.24, 2.45) is 0 Å². The van der Waals surface area contributed by atoms with Crippen molar-refractivity contribution in [1.82, 2.24) is 0 Å². The van der Waals surface area contributed by atoms with Crippen LogP contribution in [0.15, 0.2) is 34.2 Å². The second-order valence-electron chi connectivity index (χ2n) is 3.59. The number of nitrogens with zero attached hydrogens (tertiary/aromatic N) is 1. The molecule has 1 heterocycles. The quantitative estimate of drug-likeness (QED) is 0.800. The van der Waals surface area contributed by atoms with E-state index in [9.17, 15) is 9.90 Å². The summed E-state index contributed by atoms with van der Waals surface area (Å²) in [7, 11) is 0. The van der Waals surface area contributed by atoms with Gasteiger partial charge in [0.05, 0.1) is 10.7 Å². The van der Waals surface area contributed by atoms with Crippen LogP contribution in [0.4, 0.5) is 5.69 Å². The highest BCUT2D eigenvalue weighted by Gasteiger charge is 2.24. The third-order valence-corrected chi connectivity index (χ3v) is 3.47. The average Bonchev–Trinajstić information content (AvgIpc) is 2.53. The lowest BCUT2D eigenvalue weighted by molar-refractivity contribution is -0.112. The maximum absolute atomic E-state index is 11.1. The number of thioether (sulfide) groups is 1.